The Labute approximate surface area is 85.3 Å². The Morgan fingerprint density at radius 2 is 1.79 bits per heavy atom. The van der Waals surface area contributed by atoms with Gasteiger partial charge in [0.1, 0.15) is 5.54 Å². The maximum atomic E-state index is 11.1. The van der Waals surface area contributed by atoms with E-state index in [0.29, 0.717) is 12.8 Å². The molecule has 0 radical (unpaired) electrons. The van der Waals surface area contributed by atoms with E-state index in [1.807, 2.05) is 13.8 Å². The molecule has 0 rings (SSSR count). The molecule has 2 atom stereocenters. The minimum absolute atomic E-state index is 0.217. The Kier molecular flexibility index (Phi) is 5.08. The summed E-state index contributed by atoms with van der Waals surface area (Å²) in [6, 6.07) is -0.217. The van der Waals surface area contributed by atoms with E-state index >= 15 is 0 Å². The number of rotatable bonds is 6. The molecule has 0 aromatic carbocycles. The van der Waals surface area contributed by atoms with Gasteiger partial charge in [0.15, 0.2) is 0 Å². The van der Waals surface area contributed by atoms with Crippen LogP contribution in [0.5, 0.6) is 0 Å². The number of aliphatic hydroxyl groups excluding tert-OH is 1. The first-order valence-corrected chi connectivity index (χ1v) is 5.08. The van der Waals surface area contributed by atoms with Crippen LogP contribution in [-0.4, -0.2) is 33.9 Å². The molecular formula is C10H21NO3. The molecule has 84 valence electrons. The van der Waals surface area contributed by atoms with Gasteiger partial charge in [-0.2, -0.15) is 0 Å². The SMILES string of the molecule is CCC(CC)(NC(C)C(C)O)C(=O)O. The average molecular weight is 203 g/mol. The Balaban J connectivity index is 4.59. The van der Waals surface area contributed by atoms with Crippen LogP contribution in [0.15, 0.2) is 0 Å². The quantitative estimate of drug-likeness (QED) is 0.602. The lowest BCUT2D eigenvalue weighted by Gasteiger charge is -2.32. The monoisotopic (exact) mass is 203 g/mol. The summed E-state index contributed by atoms with van der Waals surface area (Å²) in [5, 5.41) is 21.4. The fourth-order valence-corrected chi connectivity index (χ4v) is 1.37. The van der Waals surface area contributed by atoms with Gasteiger partial charge in [-0.15, -0.1) is 0 Å². The van der Waals surface area contributed by atoms with E-state index < -0.39 is 17.6 Å². The van der Waals surface area contributed by atoms with Crippen molar-refractivity contribution in [3.05, 3.63) is 0 Å². The third-order valence-corrected chi connectivity index (χ3v) is 2.84. The zero-order chi connectivity index (χ0) is 11.4. The standard InChI is InChI=1S/C10H21NO3/c1-5-10(6-2,9(13)14)11-7(3)8(4)12/h7-8,11-12H,5-6H2,1-4H3,(H,13,14). The highest BCUT2D eigenvalue weighted by molar-refractivity contribution is 5.78. The maximum absolute atomic E-state index is 11.1. The van der Waals surface area contributed by atoms with Crippen LogP contribution in [0.4, 0.5) is 0 Å². The molecule has 0 saturated carbocycles. The van der Waals surface area contributed by atoms with Crippen LogP contribution in [0, 0.1) is 0 Å². The van der Waals surface area contributed by atoms with Crippen molar-refractivity contribution in [2.24, 2.45) is 0 Å². The topological polar surface area (TPSA) is 69.6 Å². The highest BCUT2D eigenvalue weighted by Gasteiger charge is 2.36. The smallest absolute Gasteiger partial charge is 0.323 e. The van der Waals surface area contributed by atoms with E-state index in [9.17, 15) is 9.90 Å². The highest BCUT2D eigenvalue weighted by Crippen LogP contribution is 2.17. The molecule has 0 aromatic heterocycles. The summed E-state index contributed by atoms with van der Waals surface area (Å²) in [5.74, 6) is -0.852. The van der Waals surface area contributed by atoms with Gasteiger partial charge in [-0.25, -0.2) is 0 Å². The molecule has 0 amide bonds. The third kappa shape index (κ3) is 2.96. The van der Waals surface area contributed by atoms with Gasteiger partial charge < -0.3 is 10.2 Å². The average Bonchev–Trinajstić information content (AvgIpc) is 2.13. The van der Waals surface area contributed by atoms with E-state index in [1.54, 1.807) is 13.8 Å². The Bertz CT molecular complexity index is 188. The normalized spacial score (nSPS) is 16.4. The number of aliphatic carboxylic acids is 1. The third-order valence-electron chi connectivity index (χ3n) is 2.84. The molecule has 4 nitrogen and oxygen atoms in total. The zero-order valence-corrected chi connectivity index (χ0v) is 9.37. The molecule has 0 bridgehead atoms. The second-order valence-electron chi connectivity index (χ2n) is 3.77. The van der Waals surface area contributed by atoms with E-state index in [-0.39, 0.29) is 6.04 Å². The van der Waals surface area contributed by atoms with Gasteiger partial charge in [0, 0.05) is 6.04 Å². The largest absolute Gasteiger partial charge is 0.480 e. The fourth-order valence-electron chi connectivity index (χ4n) is 1.37. The number of carboxylic acid groups (broad SMARTS) is 1. The van der Waals surface area contributed by atoms with E-state index in [0.717, 1.165) is 0 Å². The Hall–Kier alpha value is -0.610. The zero-order valence-electron chi connectivity index (χ0n) is 9.37. The van der Waals surface area contributed by atoms with Crippen molar-refractivity contribution >= 4 is 5.97 Å². The minimum atomic E-state index is -0.906. The van der Waals surface area contributed by atoms with Gasteiger partial charge in [-0.05, 0) is 26.7 Å². The van der Waals surface area contributed by atoms with Crippen LogP contribution in [0.3, 0.4) is 0 Å². The predicted molar refractivity (Wildman–Crippen MR) is 55.2 cm³/mol. The first-order chi connectivity index (χ1) is 6.39. The lowest BCUT2D eigenvalue weighted by atomic mass is 9.91. The van der Waals surface area contributed by atoms with Crippen LogP contribution >= 0.6 is 0 Å². The number of hydrogen-bond donors (Lipinski definition) is 3. The molecule has 0 fully saturated rings. The van der Waals surface area contributed by atoms with Crippen LogP contribution in [0.25, 0.3) is 0 Å². The van der Waals surface area contributed by atoms with Crippen molar-refractivity contribution in [1.29, 1.82) is 0 Å². The first-order valence-electron chi connectivity index (χ1n) is 5.08. The molecule has 0 aliphatic heterocycles. The molecule has 14 heavy (non-hydrogen) atoms. The van der Waals surface area contributed by atoms with Crippen molar-refractivity contribution in [2.75, 3.05) is 0 Å². The van der Waals surface area contributed by atoms with E-state index in [2.05, 4.69) is 5.32 Å². The molecule has 3 N–H and O–H groups in total. The second kappa shape index (κ2) is 5.32. The summed E-state index contributed by atoms with van der Waals surface area (Å²) in [7, 11) is 0. The predicted octanol–water partition coefficient (Wildman–Crippen LogP) is 0.989. The van der Waals surface area contributed by atoms with Crippen molar-refractivity contribution in [3.8, 4) is 0 Å². The molecule has 0 aliphatic rings. The Morgan fingerprint density at radius 3 is 2.00 bits per heavy atom. The summed E-state index contributed by atoms with van der Waals surface area (Å²) in [4.78, 5) is 11.1. The van der Waals surface area contributed by atoms with Gasteiger partial charge in [0.05, 0.1) is 6.10 Å². The lowest BCUT2D eigenvalue weighted by molar-refractivity contribution is -0.146. The molecule has 2 unspecified atom stereocenters. The van der Waals surface area contributed by atoms with Gasteiger partial charge in [-0.1, -0.05) is 13.8 Å². The summed E-state index contributed by atoms with van der Waals surface area (Å²) >= 11 is 0. The number of nitrogens with one attached hydrogen (secondary N) is 1. The summed E-state index contributed by atoms with van der Waals surface area (Å²) < 4.78 is 0. The highest BCUT2D eigenvalue weighted by atomic mass is 16.4. The second-order valence-corrected chi connectivity index (χ2v) is 3.77. The van der Waals surface area contributed by atoms with E-state index in [4.69, 9.17) is 5.11 Å². The number of carboxylic acids is 1. The Morgan fingerprint density at radius 1 is 1.36 bits per heavy atom. The lowest BCUT2D eigenvalue weighted by Crippen LogP contribution is -2.56. The summed E-state index contributed by atoms with van der Waals surface area (Å²) in [6.07, 6.45) is 0.470. The van der Waals surface area contributed by atoms with Gasteiger partial charge >= 0.3 is 5.97 Å². The molecular weight excluding hydrogens is 182 g/mol. The van der Waals surface area contributed by atoms with Crippen molar-refractivity contribution in [1.82, 2.24) is 5.32 Å². The molecule has 0 heterocycles. The van der Waals surface area contributed by atoms with Crippen molar-refractivity contribution in [2.45, 2.75) is 58.2 Å². The van der Waals surface area contributed by atoms with E-state index in [1.165, 1.54) is 0 Å². The molecule has 0 aromatic rings. The van der Waals surface area contributed by atoms with Crippen molar-refractivity contribution < 1.29 is 15.0 Å². The fraction of sp³-hybridized carbons (Fsp3) is 0.900. The van der Waals surface area contributed by atoms with Crippen LogP contribution < -0.4 is 5.32 Å². The summed E-state index contributed by atoms with van der Waals surface area (Å²) in [5.41, 5.74) is -0.906. The maximum Gasteiger partial charge on any atom is 0.323 e. The minimum Gasteiger partial charge on any atom is -0.480 e. The van der Waals surface area contributed by atoms with Crippen LogP contribution in [0.1, 0.15) is 40.5 Å². The van der Waals surface area contributed by atoms with Crippen molar-refractivity contribution in [3.63, 3.8) is 0 Å². The van der Waals surface area contributed by atoms with Crippen LogP contribution in [0.2, 0.25) is 0 Å². The molecule has 4 heteroatoms. The molecule has 0 aliphatic carbocycles. The number of aliphatic hydroxyl groups is 1. The van der Waals surface area contributed by atoms with Crippen LogP contribution in [-0.2, 0) is 4.79 Å². The molecule has 0 spiro atoms. The molecule has 0 saturated heterocycles. The van der Waals surface area contributed by atoms with Gasteiger partial charge in [0.2, 0.25) is 0 Å². The summed E-state index contributed by atoms with van der Waals surface area (Å²) in [6.45, 7) is 7.10. The number of carbonyl (C=O) groups is 1. The first kappa shape index (κ1) is 13.4. The number of hydrogen-bond acceptors (Lipinski definition) is 3. The van der Waals surface area contributed by atoms with Gasteiger partial charge in [-0.3, -0.25) is 10.1 Å². The van der Waals surface area contributed by atoms with Gasteiger partial charge in [0.25, 0.3) is 0 Å².